The summed E-state index contributed by atoms with van der Waals surface area (Å²) < 4.78 is 10.8. The van der Waals surface area contributed by atoms with Crippen molar-refractivity contribution in [3.63, 3.8) is 0 Å². The van der Waals surface area contributed by atoms with E-state index in [2.05, 4.69) is 16.0 Å². The molecule has 2 aromatic rings. The molecule has 0 fully saturated rings. The van der Waals surface area contributed by atoms with E-state index in [-0.39, 0.29) is 11.7 Å². The third-order valence-electron chi connectivity index (χ3n) is 4.49. The Morgan fingerprint density at radius 2 is 2.00 bits per heavy atom. The average molecular weight is 413 g/mol. The fourth-order valence-corrected chi connectivity index (χ4v) is 3.43. The zero-order valence-electron chi connectivity index (χ0n) is 16.4. The van der Waals surface area contributed by atoms with Crippen LogP contribution in [0.3, 0.4) is 0 Å². The highest BCUT2D eigenvalue weighted by Gasteiger charge is 2.30. The number of amides is 1. The summed E-state index contributed by atoms with van der Waals surface area (Å²) in [5.74, 6) is 0.642. The smallest absolute Gasteiger partial charge is 0.255 e. The Hall–Kier alpha value is -3.26. The summed E-state index contributed by atoms with van der Waals surface area (Å²) in [6, 6.07) is 11.6. The van der Waals surface area contributed by atoms with Crippen molar-refractivity contribution in [2.24, 2.45) is 0 Å². The lowest BCUT2D eigenvalue weighted by Gasteiger charge is -2.30. The lowest BCUT2D eigenvalue weighted by Crippen LogP contribution is -2.45. The van der Waals surface area contributed by atoms with E-state index < -0.39 is 6.04 Å². The second kappa shape index (κ2) is 8.83. The van der Waals surface area contributed by atoms with Crippen LogP contribution in [0.2, 0.25) is 0 Å². The van der Waals surface area contributed by atoms with Gasteiger partial charge in [0.2, 0.25) is 0 Å². The summed E-state index contributed by atoms with van der Waals surface area (Å²) in [5.41, 5.74) is 2.40. The number of hydrogen-bond acceptors (Lipinski definition) is 5. The van der Waals surface area contributed by atoms with Crippen LogP contribution in [0.4, 0.5) is 5.69 Å². The molecule has 0 bridgehead atoms. The molecule has 0 aromatic heterocycles. The Bertz CT molecular complexity index is 974. The molecular weight excluding hydrogens is 390 g/mol. The quantitative estimate of drug-likeness (QED) is 0.541. The van der Waals surface area contributed by atoms with E-state index in [0.717, 1.165) is 5.56 Å². The third kappa shape index (κ3) is 4.43. The Kier molecular flexibility index (Phi) is 6.23. The maximum Gasteiger partial charge on any atom is 0.255 e. The van der Waals surface area contributed by atoms with Crippen molar-refractivity contribution in [2.45, 2.75) is 19.9 Å². The third-order valence-corrected chi connectivity index (χ3v) is 4.71. The molecule has 0 spiro atoms. The van der Waals surface area contributed by atoms with Gasteiger partial charge in [0.15, 0.2) is 16.6 Å². The Balaban J connectivity index is 1.98. The van der Waals surface area contributed by atoms with E-state index in [1.807, 2.05) is 19.1 Å². The van der Waals surface area contributed by atoms with E-state index in [9.17, 15) is 9.90 Å². The number of para-hydroxylation sites is 2. The van der Waals surface area contributed by atoms with Gasteiger partial charge < -0.3 is 30.5 Å². The summed E-state index contributed by atoms with van der Waals surface area (Å²) in [7, 11) is 1.55. The molecule has 152 valence electrons. The molecule has 1 unspecified atom stereocenters. The molecule has 0 saturated heterocycles. The number of aromatic hydroxyl groups is 1. The van der Waals surface area contributed by atoms with Crippen LogP contribution < -0.4 is 25.4 Å². The summed E-state index contributed by atoms with van der Waals surface area (Å²) >= 11 is 5.29. The Morgan fingerprint density at radius 1 is 1.24 bits per heavy atom. The predicted octanol–water partition coefficient (Wildman–Crippen LogP) is 3.23. The van der Waals surface area contributed by atoms with Gasteiger partial charge in [0.25, 0.3) is 5.91 Å². The maximum absolute atomic E-state index is 13.2. The van der Waals surface area contributed by atoms with E-state index in [0.29, 0.717) is 40.2 Å². The SMILES string of the molecule is CCOc1cc(C2NC(=S)NC(C)=C2C(=O)Nc2ccccc2OC)ccc1O. The number of carbonyl (C=O) groups excluding carboxylic acids is 1. The zero-order chi connectivity index (χ0) is 21.0. The van der Waals surface area contributed by atoms with Crippen molar-refractivity contribution in [1.82, 2.24) is 10.6 Å². The van der Waals surface area contributed by atoms with Crippen LogP contribution >= 0.6 is 12.2 Å². The molecule has 0 aliphatic carbocycles. The minimum atomic E-state index is -0.515. The second-order valence-electron chi connectivity index (χ2n) is 6.38. The minimum Gasteiger partial charge on any atom is -0.504 e. The molecule has 1 atom stereocenters. The fraction of sp³-hybridized carbons (Fsp3) is 0.238. The zero-order valence-corrected chi connectivity index (χ0v) is 17.2. The summed E-state index contributed by atoms with van der Waals surface area (Å²) in [5, 5.41) is 19.5. The molecule has 3 rings (SSSR count). The highest BCUT2D eigenvalue weighted by atomic mass is 32.1. The molecule has 4 N–H and O–H groups in total. The fourth-order valence-electron chi connectivity index (χ4n) is 3.16. The molecule has 0 saturated carbocycles. The number of rotatable bonds is 6. The van der Waals surface area contributed by atoms with Crippen molar-refractivity contribution in [3.8, 4) is 17.2 Å². The number of carbonyl (C=O) groups is 1. The highest BCUT2D eigenvalue weighted by molar-refractivity contribution is 7.80. The van der Waals surface area contributed by atoms with E-state index in [1.165, 1.54) is 6.07 Å². The number of phenolic OH excluding ortho intramolecular Hbond substituents is 1. The van der Waals surface area contributed by atoms with Gasteiger partial charge in [-0.05, 0) is 55.9 Å². The van der Waals surface area contributed by atoms with Crippen LogP contribution in [-0.2, 0) is 4.79 Å². The predicted molar refractivity (Wildman–Crippen MR) is 115 cm³/mol. The molecule has 0 radical (unpaired) electrons. The summed E-state index contributed by atoms with van der Waals surface area (Å²) in [6.07, 6.45) is 0. The van der Waals surface area contributed by atoms with Gasteiger partial charge in [-0.15, -0.1) is 0 Å². The van der Waals surface area contributed by atoms with Gasteiger partial charge >= 0.3 is 0 Å². The van der Waals surface area contributed by atoms with Gasteiger partial charge in [-0.2, -0.15) is 0 Å². The molecule has 1 heterocycles. The van der Waals surface area contributed by atoms with Gasteiger partial charge in [0.1, 0.15) is 5.75 Å². The first-order chi connectivity index (χ1) is 13.9. The van der Waals surface area contributed by atoms with Crippen molar-refractivity contribution in [3.05, 3.63) is 59.3 Å². The Labute approximate surface area is 174 Å². The molecule has 8 heteroatoms. The van der Waals surface area contributed by atoms with Gasteiger partial charge in [-0.1, -0.05) is 18.2 Å². The summed E-state index contributed by atoms with van der Waals surface area (Å²) in [4.78, 5) is 13.2. The first-order valence-electron chi connectivity index (χ1n) is 9.13. The molecule has 1 aliphatic rings. The number of nitrogens with one attached hydrogen (secondary N) is 3. The van der Waals surface area contributed by atoms with Crippen molar-refractivity contribution >= 4 is 28.9 Å². The first kappa shape index (κ1) is 20.5. The lowest BCUT2D eigenvalue weighted by molar-refractivity contribution is -0.113. The molecule has 2 aromatic carbocycles. The van der Waals surface area contributed by atoms with Gasteiger partial charge in [0.05, 0.1) is 31.0 Å². The van der Waals surface area contributed by atoms with Gasteiger partial charge in [0, 0.05) is 5.70 Å². The average Bonchev–Trinajstić information content (AvgIpc) is 2.69. The molecule has 1 aliphatic heterocycles. The number of hydrogen-bond donors (Lipinski definition) is 4. The highest BCUT2D eigenvalue weighted by Crippen LogP contribution is 2.34. The van der Waals surface area contributed by atoms with E-state index >= 15 is 0 Å². The summed E-state index contributed by atoms with van der Waals surface area (Å²) in [6.45, 7) is 4.03. The topological polar surface area (TPSA) is 91.9 Å². The number of thiocarbonyl (C=S) groups is 1. The maximum atomic E-state index is 13.2. The largest absolute Gasteiger partial charge is 0.504 e. The van der Waals surface area contributed by atoms with Crippen LogP contribution in [0.25, 0.3) is 0 Å². The number of ether oxygens (including phenoxy) is 2. The van der Waals surface area contributed by atoms with Crippen LogP contribution in [0.15, 0.2) is 53.7 Å². The molecular formula is C21H23N3O4S. The van der Waals surface area contributed by atoms with Crippen molar-refractivity contribution < 1.29 is 19.4 Å². The standard InChI is InChI=1S/C21H23N3O4S/c1-4-28-17-11-13(9-10-15(17)25)19-18(12(2)22-21(29)24-19)20(26)23-14-7-5-6-8-16(14)27-3/h5-11,19,25H,4H2,1-3H3,(H,23,26)(H2,22,24,29). The minimum absolute atomic E-state index is 0.0350. The molecule has 1 amide bonds. The number of allylic oxidation sites excluding steroid dienone is 1. The number of benzene rings is 2. The Morgan fingerprint density at radius 3 is 2.72 bits per heavy atom. The van der Waals surface area contributed by atoms with Crippen LogP contribution in [-0.4, -0.2) is 29.8 Å². The van der Waals surface area contributed by atoms with Gasteiger partial charge in [-0.3, -0.25) is 4.79 Å². The van der Waals surface area contributed by atoms with Crippen LogP contribution in [0.1, 0.15) is 25.5 Å². The van der Waals surface area contributed by atoms with Gasteiger partial charge in [-0.25, -0.2) is 0 Å². The normalized spacial score (nSPS) is 16.0. The van der Waals surface area contributed by atoms with Crippen LogP contribution in [0, 0.1) is 0 Å². The van der Waals surface area contributed by atoms with Crippen LogP contribution in [0.5, 0.6) is 17.2 Å². The number of methoxy groups -OCH3 is 1. The monoisotopic (exact) mass is 413 g/mol. The number of anilines is 1. The van der Waals surface area contributed by atoms with E-state index in [1.54, 1.807) is 38.3 Å². The van der Waals surface area contributed by atoms with Crippen molar-refractivity contribution in [1.29, 1.82) is 0 Å². The van der Waals surface area contributed by atoms with E-state index in [4.69, 9.17) is 21.7 Å². The molecule has 29 heavy (non-hydrogen) atoms. The lowest BCUT2D eigenvalue weighted by atomic mass is 9.94. The number of phenols is 1. The first-order valence-corrected chi connectivity index (χ1v) is 9.53. The molecule has 7 nitrogen and oxygen atoms in total. The second-order valence-corrected chi connectivity index (χ2v) is 6.79. The van der Waals surface area contributed by atoms with Crippen molar-refractivity contribution in [2.75, 3.05) is 19.0 Å².